The van der Waals surface area contributed by atoms with Crippen LogP contribution in [0.4, 0.5) is 5.69 Å². The fraction of sp³-hybridized carbons (Fsp3) is 0.167. The number of hydrogen-bond donors (Lipinski definition) is 1. The number of anilines is 1. The fourth-order valence-electron chi connectivity index (χ4n) is 2.46. The number of benzene rings is 2. The molecule has 1 aromatic heterocycles. The molecule has 0 aliphatic heterocycles. The number of nitrogens with one attached hydrogen (secondary N) is 1. The molecule has 1 amide bonds. The normalized spacial score (nSPS) is 10.4. The second kappa shape index (κ2) is 7.04. The molecule has 0 fully saturated rings. The number of para-hydroxylation sites is 2. The Morgan fingerprint density at radius 3 is 2.64 bits per heavy atom. The first-order valence-corrected chi connectivity index (χ1v) is 7.65. The smallest absolute Gasteiger partial charge is 0.278 e. The number of rotatable bonds is 5. The monoisotopic (exact) mass is 338 g/mol. The summed E-state index contributed by atoms with van der Waals surface area (Å²) < 4.78 is 12.1. The van der Waals surface area contributed by atoms with Crippen molar-refractivity contribution in [2.75, 3.05) is 19.5 Å². The van der Waals surface area contributed by atoms with Crippen molar-refractivity contribution in [1.29, 1.82) is 0 Å². The molecule has 0 saturated carbocycles. The lowest BCUT2D eigenvalue weighted by Gasteiger charge is -2.09. The molecule has 7 heteroatoms. The van der Waals surface area contributed by atoms with Gasteiger partial charge >= 0.3 is 0 Å². The van der Waals surface area contributed by atoms with Crippen molar-refractivity contribution in [2.45, 2.75) is 6.92 Å². The van der Waals surface area contributed by atoms with E-state index in [4.69, 9.17) is 9.47 Å². The van der Waals surface area contributed by atoms with Crippen LogP contribution in [0.1, 0.15) is 16.2 Å². The quantitative estimate of drug-likeness (QED) is 0.774. The van der Waals surface area contributed by atoms with Gasteiger partial charge in [0.25, 0.3) is 5.91 Å². The van der Waals surface area contributed by atoms with E-state index in [9.17, 15) is 4.79 Å². The Balaban J connectivity index is 1.89. The average molecular weight is 338 g/mol. The van der Waals surface area contributed by atoms with Gasteiger partial charge in [-0.3, -0.25) is 4.79 Å². The number of carbonyl (C=O) groups is 1. The van der Waals surface area contributed by atoms with Crippen LogP contribution in [0, 0.1) is 6.92 Å². The molecule has 3 rings (SSSR count). The Kier molecular flexibility index (Phi) is 4.65. The molecule has 128 valence electrons. The van der Waals surface area contributed by atoms with E-state index in [1.54, 1.807) is 38.0 Å². The first-order valence-electron chi connectivity index (χ1n) is 7.65. The number of nitrogens with zero attached hydrogens (tertiary/aromatic N) is 3. The lowest BCUT2D eigenvalue weighted by atomic mass is 10.2. The molecule has 0 unspecified atom stereocenters. The Morgan fingerprint density at radius 2 is 1.88 bits per heavy atom. The number of carbonyl (C=O) groups excluding carboxylic acids is 1. The molecule has 0 spiro atoms. The third-order valence-electron chi connectivity index (χ3n) is 3.76. The van der Waals surface area contributed by atoms with E-state index in [-0.39, 0.29) is 11.6 Å². The zero-order valence-corrected chi connectivity index (χ0v) is 14.2. The van der Waals surface area contributed by atoms with Crippen LogP contribution in [0.5, 0.6) is 11.5 Å². The molecule has 0 saturated heterocycles. The van der Waals surface area contributed by atoms with Crippen molar-refractivity contribution in [3.05, 3.63) is 59.9 Å². The van der Waals surface area contributed by atoms with Gasteiger partial charge in [-0.05, 0) is 31.2 Å². The van der Waals surface area contributed by atoms with E-state index < -0.39 is 0 Å². The standard InChI is InChI=1S/C18H18N4O3/c1-12-17(18(23)19-15-9-4-5-10-16(15)25-3)20-21-22(12)13-7-6-8-14(11-13)24-2/h4-11H,1-3H3,(H,19,23). The predicted octanol–water partition coefficient (Wildman–Crippen LogP) is 2.85. The molecule has 1 N–H and O–H groups in total. The van der Waals surface area contributed by atoms with Gasteiger partial charge < -0.3 is 14.8 Å². The first kappa shape index (κ1) is 16.5. The minimum absolute atomic E-state index is 0.244. The highest BCUT2D eigenvalue weighted by Crippen LogP contribution is 2.24. The minimum Gasteiger partial charge on any atom is -0.497 e. The molecule has 3 aromatic rings. The number of aromatic nitrogens is 3. The van der Waals surface area contributed by atoms with Crippen LogP contribution in [0.2, 0.25) is 0 Å². The summed E-state index contributed by atoms with van der Waals surface area (Å²) in [5, 5.41) is 10.9. The maximum atomic E-state index is 12.6. The summed E-state index contributed by atoms with van der Waals surface area (Å²) in [5.41, 5.74) is 2.21. The molecule has 7 nitrogen and oxygen atoms in total. The van der Waals surface area contributed by atoms with E-state index >= 15 is 0 Å². The molecule has 25 heavy (non-hydrogen) atoms. The van der Waals surface area contributed by atoms with Crippen LogP contribution >= 0.6 is 0 Å². The highest BCUT2D eigenvalue weighted by Gasteiger charge is 2.18. The van der Waals surface area contributed by atoms with Crippen LogP contribution < -0.4 is 14.8 Å². The van der Waals surface area contributed by atoms with Gasteiger partial charge in [-0.25, -0.2) is 4.68 Å². The second-order valence-electron chi connectivity index (χ2n) is 5.29. The maximum Gasteiger partial charge on any atom is 0.278 e. The Labute approximate surface area is 145 Å². The highest BCUT2D eigenvalue weighted by molar-refractivity contribution is 6.04. The summed E-state index contributed by atoms with van der Waals surface area (Å²) in [6, 6.07) is 14.6. The van der Waals surface area contributed by atoms with E-state index in [0.717, 1.165) is 5.69 Å². The maximum absolute atomic E-state index is 12.6. The van der Waals surface area contributed by atoms with E-state index in [0.29, 0.717) is 22.9 Å². The summed E-state index contributed by atoms with van der Waals surface area (Å²) in [5.74, 6) is 0.928. The fourth-order valence-corrected chi connectivity index (χ4v) is 2.46. The number of amides is 1. The Bertz CT molecular complexity index is 905. The summed E-state index contributed by atoms with van der Waals surface area (Å²) in [4.78, 5) is 12.6. The minimum atomic E-state index is -0.351. The van der Waals surface area contributed by atoms with Gasteiger partial charge in [-0.2, -0.15) is 0 Å². The molecule has 0 atom stereocenters. The molecule has 0 aliphatic carbocycles. The van der Waals surface area contributed by atoms with Gasteiger partial charge in [0.15, 0.2) is 5.69 Å². The van der Waals surface area contributed by atoms with Crippen LogP contribution in [0.15, 0.2) is 48.5 Å². The summed E-state index contributed by atoms with van der Waals surface area (Å²) in [6.45, 7) is 1.79. The van der Waals surface area contributed by atoms with Crippen molar-refractivity contribution in [3.8, 4) is 17.2 Å². The van der Waals surface area contributed by atoms with Crippen LogP contribution in [0.3, 0.4) is 0 Å². The zero-order valence-electron chi connectivity index (χ0n) is 14.2. The molecule has 1 heterocycles. The van der Waals surface area contributed by atoms with Crippen molar-refractivity contribution >= 4 is 11.6 Å². The summed E-state index contributed by atoms with van der Waals surface area (Å²) in [6.07, 6.45) is 0. The van der Waals surface area contributed by atoms with Crippen LogP contribution in [-0.2, 0) is 0 Å². The van der Waals surface area contributed by atoms with E-state index in [1.807, 2.05) is 36.4 Å². The first-order chi connectivity index (χ1) is 12.1. The SMILES string of the molecule is COc1cccc(-n2nnc(C(=O)Nc3ccccc3OC)c2C)c1. The number of ether oxygens (including phenoxy) is 2. The van der Waals surface area contributed by atoms with Crippen molar-refractivity contribution in [1.82, 2.24) is 15.0 Å². The molecule has 0 aliphatic rings. The van der Waals surface area contributed by atoms with Crippen molar-refractivity contribution < 1.29 is 14.3 Å². The third kappa shape index (κ3) is 3.30. The van der Waals surface area contributed by atoms with Gasteiger partial charge in [0.1, 0.15) is 11.5 Å². The molecular formula is C18H18N4O3. The number of methoxy groups -OCH3 is 2. The third-order valence-corrected chi connectivity index (χ3v) is 3.76. The van der Waals surface area contributed by atoms with Gasteiger partial charge in [0, 0.05) is 6.07 Å². The topological polar surface area (TPSA) is 78.3 Å². The zero-order chi connectivity index (χ0) is 17.8. The van der Waals surface area contributed by atoms with E-state index in [1.165, 1.54) is 0 Å². The Morgan fingerprint density at radius 1 is 1.08 bits per heavy atom. The van der Waals surface area contributed by atoms with E-state index in [2.05, 4.69) is 15.6 Å². The largest absolute Gasteiger partial charge is 0.497 e. The lowest BCUT2D eigenvalue weighted by molar-refractivity contribution is 0.102. The average Bonchev–Trinajstić information content (AvgIpc) is 3.03. The molecule has 0 radical (unpaired) electrons. The van der Waals surface area contributed by atoms with Crippen molar-refractivity contribution in [2.24, 2.45) is 0 Å². The molecule has 2 aromatic carbocycles. The summed E-state index contributed by atoms with van der Waals surface area (Å²) >= 11 is 0. The van der Waals surface area contributed by atoms with Gasteiger partial charge in [0.05, 0.1) is 31.3 Å². The summed E-state index contributed by atoms with van der Waals surface area (Å²) in [7, 11) is 3.15. The van der Waals surface area contributed by atoms with Crippen molar-refractivity contribution in [3.63, 3.8) is 0 Å². The van der Waals surface area contributed by atoms with Gasteiger partial charge in [0.2, 0.25) is 0 Å². The number of hydrogen-bond acceptors (Lipinski definition) is 5. The molecular weight excluding hydrogens is 320 g/mol. The van der Waals surface area contributed by atoms with Gasteiger partial charge in [-0.15, -0.1) is 5.10 Å². The molecule has 0 bridgehead atoms. The Hall–Kier alpha value is -3.35. The van der Waals surface area contributed by atoms with Gasteiger partial charge in [-0.1, -0.05) is 23.4 Å². The second-order valence-corrected chi connectivity index (χ2v) is 5.29. The lowest BCUT2D eigenvalue weighted by Crippen LogP contribution is -2.14. The van der Waals surface area contributed by atoms with Crippen LogP contribution in [0.25, 0.3) is 5.69 Å². The highest BCUT2D eigenvalue weighted by atomic mass is 16.5. The predicted molar refractivity (Wildman–Crippen MR) is 93.6 cm³/mol. The van der Waals surface area contributed by atoms with Crippen LogP contribution in [-0.4, -0.2) is 35.1 Å².